The summed E-state index contributed by atoms with van der Waals surface area (Å²) in [5.41, 5.74) is 0. The molecule has 22 heavy (non-hydrogen) atoms. The lowest BCUT2D eigenvalue weighted by Gasteiger charge is -2.48. The molecule has 0 N–H and O–H groups in total. The number of hydrogen-bond acceptors (Lipinski definition) is 7. The van der Waals surface area contributed by atoms with Crippen molar-refractivity contribution in [3.63, 3.8) is 0 Å². The van der Waals surface area contributed by atoms with Crippen LogP contribution in [0.15, 0.2) is 18.5 Å². The first-order chi connectivity index (χ1) is 10.2. The molecule has 0 amide bonds. The summed E-state index contributed by atoms with van der Waals surface area (Å²) in [7, 11) is -6.69. The zero-order valence-electron chi connectivity index (χ0n) is 12.0. The van der Waals surface area contributed by atoms with Gasteiger partial charge in [-0.1, -0.05) is 0 Å². The highest BCUT2D eigenvalue weighted by molar-refractivity contribution is 7.93. The molecule has 2 aliphatic rings. The van der Waals surface area contributed by atoms with Crippen molar-refractivity contribution in [1.82, 2.24) is 14.3 Å². The minimum absolute atomic E-state index is 0.0117. The molecular weight excluding hydrogens is 330 g/mol. The minimum Gasteiger partial charge on any atom is -0.463 e. The molecule has 2 saturated heterocycles. The van der Waals surface area contributed by atoms with Gasteiger partial charge in [0.25, 0.3) is 0 Å². The van der Waals surface area contributed by atoms with Gasteiger partial charge in [-0.05, 0) is 12.5 Å². The number of sulfonamides is 1. The van der Waals surface area contributed by atoms with Gasteiger partial charge in [-0.25, -0.2) is 26.8 Å². The lowest BCUT2D eigenvalue weighted by atomic mass is 9.85. The van der Waals surface area contributed by atoms with E-state index in [1.54, 1.807) is 6.07 Å². The third-order valence-electron chi connectivity index (χ3n) is 4.41. The molecule has 1 aromatic heterocycles. The molecule has 1 atom stereocenters. The molecule has 2 fully saturated rings. The smallest absolute Gasteiger partial charge is 0.316 e. The van der Waals surface area contributed by atoms with Crippen LogP contribution in [-0.4, -0.2) is 67.6 Å². The molecule has 0 saturated carbocycles. The van der Waals surface area contributed by atoms with Crippen molar-refractivity contribution in [2.45, 2.75) is 11.2 Å². The Bertz CT molecular complexity index is 757. The van der Waals surface area contributed by atoms with E-state index in [1.165, 1.54) is 16.7 Å². The van der Waals surface area contributed by atoms with Crippen molar-refractivity contribution in [3.05, 3.63) is 18.5 Å². The summed E-state index contributed by atoms with van der Waals surface area (Å²) in [6.45, 7) is 0.191. The fraction of sp³-hybridized carbons (Fsp3) is 0.667. The van der Waals surface area contributed by atoms with Crippen LogP contribution >= 0.6 is 0 Å². The van der Waals surface area contributed by atoms with Gasteiger partial charge in [0.2, 0.25) is 10.0 Å². The van der Waals surface area contributed by atoms with E-state index in [9.17, 15) is 16.8 Å². The van der Waals surface area contributed by atoms with Crippen LogP contribution in [0, 0.1) is 5.92 Å². The Balaban J connectivity index is 1.75. The average Bonchev–Trinajstić information content (AvgIpc) is 2.66. The summed E-state index contributed by atoms with van der Waals surface area (Å²) >= 11 is 0. The van der Waals surface area contributed by atoms with Gasteiger partial charge in [0.1, 0.15) is 4.75 Å². The molecule has 0 aliphatic carbocycles. The molecule has 2 aliphatic heterocycles. The monoisotopic (exact) mass is 347 g/mol. The molecule has 1 spiro atoms. The predicted octanol–water partition coefficient (Wildman–Crippen LogP) is -0.696. The van der Waals surface area contributed by atoms with Gasteiger partial charge in [-0.3, -0.25) is 0 Å². The molecule has 10 heteroatoms. The van der Waals surface area contributed by atoms with Gasteiger partial charge in [0, 0.05) is 31.4 Å². The van der Waals surface area contributed by atoms with Gasteiger partial charge in [-0.2, -0.15) is 4.31 Å². The van der Waals surface area contributed by atoms with E-state index >= 15 is 0 Å². The number of sulfone groups is 1. The summed E-state index contributed by atoms with van der Waals surface area (Å²) < 4.78 is 53.4. The van der Waals surface area contributed by atoms with E-state index < -0.39 is 24.6 Å². The van der Waals surface area contributed by atoms with E-state index in [0.29, 0.717) is 6.42 Å². The number of hydrogen-bond donors (Lipinski definition) is 0. The standard InChI is InChI=1S/C12H17N3O5S2/c1-21(16,17)15-8-12(9-15)10(3-6-22(12,18)19)7-20-11-13-4-2-5-14-11/h2,4-5,10H,3,6-9H2,1H3/t10-/m1/s1. The Hall–Kier alpha value is -1.26. The van der Waals surface area contributed by atoms with Gasteiger partial charge in [0.15, 0.2) is 9.84 Å². The Kier molecular flexibility index (Phi) is 3.65. The van der Waals surface area contributed by atoms with Crippen molar-refractivity contribution in [2.75, 3.05) is 31.7 Å². The fourth-order valence-corrected chi connectivity index (χ4v) is 6.52. The van der Waals surface area contributed by atoms with E-state index in [1.807, 2.05) is 0 Å². The zero-order chi connectivity index (χ0) is 16.0. The first-order valence-electron chi connectivity index (χ1n) is 6.82. The molecule has 3 heterocycles. The van der Waals surface area contributed by atoms with Crippen molar-refractivity contribution >= 4 is 19.9 Å². The summed E-state index contributed by atoms with van der Waals surface area (Å²) in [6.07, 6.45) is 4.63. The van der Waals surface area contributed by atoms with Gasteiger partial charge >= 0.3 is 6.01 Å². The van der Waals surface area contributed by atoms with Crippen LogP contribution < -0.4 is 4.74 Å². The zero-order valence-corrected chi connectivity index (χ0v) is 13.7. The minimum atomic E-state index is -3.37. The Morgan fingerprint density at radius 1 is 1.36 bits per heavy atom. The highest BCUT2D eigenvalue weighted by Gasteiger charge is 2.63. The Morgan fingerprint density at radius 3 is 2.59 bits per heavy atom. The maximum atomic E-state index is 12.4. The molecule has 1 aromatic rings. The molecule has 0 bridgehead atoms. The highest BCUT2D eigenvalue weighted by Crippen LogP contribution is 2.45. The van der Waals surface area contributed by atoms with Crippen LogP contribution in [0.25, 0.3) is 0 Å². The van der Waals surface area contributed by atoms with Crippen molar-refractivity contribution in [1.29, 1.82) is 0 Å². The maximum absolute atomic E-state index is 12.4. The normalized spacial score (nSPS) is 26.7. The number of nitrogens with zero attached hydrogens (tertiary/aromatic N) is 3. The van der Waals surface area contributed by atoms with E-state index in [2.05, 4.69) is 9.97 Å². The molecule has 0 radical (unpaired) electrons. The van der Waals surface area contributed by atoms with Gasteiger partial charge in [0.05, 0.1) is 18.6 Å². The average molecular weight is 347 g/mol. The Morgan fingerprint density at radius 2 is 2.00 bits per heavy atom. The van der Waals surface area contributed by atoms with Crippen LogP contribution in [-0.2, 0) is 19.9 Å². The van der Waals surface area contributed by atoms with E-state index in [4.69, 9.17) is 4.74 Å². The lowest BCUT2D eigenvalue weighted by Crippen LogP contribution is -2.68. The molecule has 3 rings (SSSR count). The van der Waals surface area contributed by atoms with E-state index in [-0.39, 0.29) is 37.4 Å². The summed E-state index contributed by atoms with van der Waals surface area (Å²) in [4.78, 5) is 7.87. The molecular formula is C12H17N3O5S2. The van der Waals surface area contributed by atoms with Crippen molar-refractivity contribution in [3.8, 4) is 6.01 Å². The lowest BCUT2D eigenvalue weighted by molar-refractivity contribution is 0.121. The third kappa shape index (κ3) is 2.48. The first kappa shape index (κ1) is 15.6. The quantitative estimate of drug-likeness (QED) is 0.709. The Labute approximate surface area is 129 Å². The van der Waals surface area contributed by atoms with Gasteiger partial charge in [-0.15, -0.1) is 0 Å². The number of rotatable bonds is 4. The van der Waals surface area contributed by atoms with Crippen LogP contribution in [0.5, 0.6) is 6.01 Å². The number of ether oxygens (including phenoxy) is 1. The van der Waals surface area contributed by atoms with Crippen LogP contribution in [0.4, 0.5) is 0 Å². The molecule has 8 nitrogen and oxygen atoms in total. The molecule has 0 aromatic carbocycles. The SMILES string of the molecule is CS(=O)(=O)N1CC2(C1)[C@@H](COc1ncccn1)CCS2(=O)=O. The largest absolute Gasteiger partial charge is 0.463 e. The fourth-order valence-electron chi connectivity index (χ4n) is 3.03. The third-order valence-corrected chi connectivity index (χ3v) is 8.21. The van der Waals surface area contributed by atoms with Crippen molar-refractivity contribution in [2.24, 2.45) is 5.92 Å². The van der Waals surface area contributed by atoms with Crippen LogP contribution in [0.1, 0.15) is 6.42 Å². The second-order valence-electron chi connectivity index (χ2n) is 5.74. The number of aromatic nitrogens is 2. The first-order valence-corrected chi connectivity index (χ1v) is 10.3. The summed E-state index contributed by atoms with van der Waals surface area (Å²) in [5, 5.41) is 0. The second kappa shape index (κ2) is 5.14. The van der Waals surface area contributed by atoms with Crippen LogP contribution in [0.3, 0.4) is 0 Å². The molecule has 122 valence electrons. The van der Waals surface area contributed by atoms with Crippen LogP contribution in [0.2, 0.25) is 0 Å². The van der Waals surface area contributed by atoms with Gasteiger partial charge < -0.3 is 4.74 Å². The topological polar surface area (TPSA) is 107 Å². The second-order valence-corrected chi connectivity index (χ2v) is 10.2. The predicted molar refractivity (Wildman–Crippen MR) is 78.6 cm³/mol. The molecule has 0 unspecified atom stereocenters. The maximum Gasteiger partial charge on any atom is 0.316 e. The summed E-state index contributed by atoms with van der Waals surface area (Å²) in [6, 6.07) is 1.85. The summed E-state index contributed by atoms with van der Waals surface area (Å²) in [5.74, 6) is -0.187. The van der Waals surface area contributed by atoms with Crippen molar-refractivity contribution < 1.29 is 21.6 Å². The van der Waals surface area contributed by atoms with E-state index in [0.717, 1.165) is 6.26 Å². The highest BCUT2D eigenvalue weighted by atomic mass is 32.2.